The molecule has 0 bridgehead atoms. The summed E-state index contributed by atoms with van der Waals surface area (Å²) in [5.74, 6) is -0.128. The topological polar surface area (TPSA) is 53.4 Å². The van der Waals surface area contributed by atoms with E-state index in [0.717, 1.165) is 0 Å². The summed E-state index contributed by atoms with van der Waals surface area (Å²) in [6.07, 6.45) is 2.74. The molecule has 1 aromatic heterocycles. The minimum atomic E-state index is -0.136. The highest BCUT2D eigenvalue weighted by atomic mass is 16.3. The van der Waals surface area contributed by atoms with E-state index in [1.807, 2.05) is 13.8 Å². The number of aromatic hydroxyl groups is 1. The Morgan fingerprint density at radius 2 is 2.14 bits per heavy atom. The maximum atomic E-state index is 11.7. The maximum absolute atomic E-state index is 11.7. The van der Waals surface area contributed by atoms with E-state index in [1.54, 1.807) is 11.9 Å². The molecule has 4 nitrogen and oxygen atoms in total. The maximum Gasteiger partial charge on any atom is 0.255 e. The molecule has 0 unspecified atom stereocenters. The van der Waals surface area contributed by atoms with Crippen LogP contribution in [-0.4, -0.2) is 34.0 Å². The van der Waals surface area contributed by atoms with Crippen molar-refractivity contribution >= 4 is 5.91 Å². The van der Waals surface area contributed by atoms with Crippen molar-refractivity contribution in [1.29, 1.82) is 0 Å². The number of hydrogen-bond donors (Lipinski definition) is 1. The van der Waals surface area contributed by atoms with Gasteiger partial charge in [0.2, 0.25) is 0 Å². The molecule has 4 heteroatoms. The van der Waals surface area contributed by atoms with E-state index in [4.69, 9.17) is 5.11 Å². The smallest absolute Gasteiger partial charge is 0.255 e. The lowest BCUT2D eigenvalue weighted by Gasteiger charge is -2.21. The number of pyridine rings is 1. The van der Waals surface area contributed by atoms with Gasteiger partial charge in [0.25, 0.3) is 5.91 Å². The van der Waals surface area contributed by atoms with Crippen molar-refractivity contribution in [2.75, 3.05) is 7.05 Å². The van der Waals surface area contributed by atoms with Gasteiger partial charge in [-0.2, -0.15) is 0 Å². The molecule has 0 saturated carbocycles. The van der Waals surface area contributed by atoms with Crippen molar-refractivity contribution in [3.05, 3.63) is 24.0 Å². The van der Waals surface area contributed by atoms with Crippen LogP contribution in [0.5, 0.6) is 5.75 Å². The monoisotopic (exact) mass is 194 g/mol. The van der Waals surface area contributed by atoms with Gasteiger partial charge in [0.15, 0.2) is 0 Å². The van der Waals surface area contributed by atoms with Crippen LogP contribution in [-0.2, 0) is 0 Å². The van der Waals surface area contributed by atoms with E-state index in [0.29, 0.717) is 5.56 Å². The molecule has 0 aliphatic carbocycles. The summed E-state index contributed by atoms with van der Waals surface area (Å²) >= 11 is 0. The Hall–Kier alpha value is -1.58. The molecule has 0 radical (unpaired) electrons. The summed E-state index contributed by atoms with van der Waals surface area (Å²) < 4.78 is 0. The second-order valence-corrected chi connectivity index (χ2v) is 3.44. The van der Waals surface area contributed by atoms with Gasteiger partial charge in [-0.1, -0.05) is 0 Å². The Bertz CT molecular complexity index is 337. The lowest BCUT2D eigenvalue weighted by atomic mass is 10.2. The Morgan fingerprint density at radius 3 is 2.64 bits per heavy atom. The molecule has 1 N–H and O–H groups in total. The third kappa shape index (κ3) is 2.22. The second-order valence-electron chi connectivity index (χ2n) is 3.44. The van der Waals surface area contributed by atoms with Gasteiger partial charge in [0.05, 0.1) is 11.8 Å². The van der Waals surface area contributed by atoms with E-state index in [9.17, 15) is 4.79 Å². The summed E-state index contributed by atoms with van der Waals surface area (Å²) in [4.78, 5) is 17.1. The van der Waals surface area contributed by atoms with E-state index in [1.165, 1.54) is 18.5 Å². The van der Waals surface area contributed by atoms with E-state index in [-0.39, 0.29) is 17.7 Å². The normalized spacial score (nSPS) is 10.3. The quantitative estimate of drug-likeness (QED) is 0.771. The minimum absolute atomic E-state index is 0.00741. The van der Waals surface area contributed by atoms with Crippen LogP contribution >= 0.6 is 0 Å². The first-order valence-electron chi connectivity index (χ1n) is 4.43. The van der Waals surface area contributed by atoms with Gasteiger partial charge in [0.1, 0.15) is 5.75 Å². The lowest BCUT2D eigenvalue weighted by Crippen LogP contribution is -2.32. The highest BCUT2D eigenvalue weighted by Gasteiger charge is 2.14. The van der Waals surface area contributed by atoms with Crippen LogP contribution in [0, 0.1) is 0 Å². The number of nitrogens with zero attached hydrogens (tertiary/aromatic N) is 2. The first kappa shape index (κ1) is 10.5. The molecule has 0 saturated heterocycles. The molecule has 1 aromatic rings. The number of carbonyl (C=O) groups is 1. The molecule has 0 aliphatic rings. The van der Waals surface area contributed by atoms with Gasteiger partial charge < -0.3 is 10.0 Å². The van der Waals surface area contributed by atoms with Crippen LogP contribution in [0.2, 0.25) is 0 Å². The number of rotatable bonds is 2. The summed E-state index contributed by atoms with van der Waals surface area (Å²) in [5, 5.41) is 9.15. The molecule has 0 aromatic carbocycles. The molecule has 0 aliphatic heterocycles. The lowest BCUT2D eigenvalue weighted by molar-refractivity contribution is 0.0754. The van der Waals surface area contributed by atoms with Crippen molar-refractivity contribution in [3.8, 4) is 5.75 Å². The number of amides is 1. The largest absolute Gasteiger partial charge is 0.506 e. The van der Waals surface area contributed by atoms with Gasteiger partial charge in [-0.3, -0.25) is 9.78 Å². The molecule has 1 heterocycles. The SMILES string of the molecule is CC(C)N(C)C(=O)c1cncc(O)c1. The van der Waals surface area contributed by atoms with Crippen LogP contribution in [0.15, 0.2) is 18.5 Å². The van der Waals surface area contributed by atoms with E-state index in [2.05, 4.69) is 4.98 Å². The van der Waals surface area contributed by atoms with Crippen LogP contribution < -0.4 is 0 Å². The predicted octanol–water partition coefficient (Wildman–Crippen LogP) is 1.27. The summed E-state index contributed by atoms with van der Waals surface area (Å²) in [6.45, 7) is 3.85. The van der Waals surface area contributed by atoms with Crippen molar-refractivity contribution in [1.82, 2.24) is 9.88 Å². The van der Waals surface area contributed by atoms with Crippen molar-refractivity contribution in [2.24, 2.45) is 0 Å². The fourth-order valence-electron chi connectivity index (χ4n) is 0.983. The Balaban J connectivity index is 2.89. The molecular formula is C10H14N2O2. The standard InChI is InChI=1S/C10H14N2O2/c1-7(2)12(3)10(14)8-4-9(13)6-11-5-8/h4-7,13H,1-3H3. The zero-order valence-electron chi connectivity index (χ0n) is 8.56. The highest BCUT2D eigenvalue weighted by molar-refractivity contribution is 5.94. The van der Waals surface area contributed by atoms with Crippen LogP contribution in [0.4, 0.5) is 0 Å². The van der Waals surface area contributed by atoms with Crippen molar-refractivity contribution in [2.45, 2.75) is 19.9 Å². The molecule has 0 atom stereocenters. The van der Waals surface area contributed by atoms with E-state index < -0.39 is 0 Å². The third-order valence-corrected chi connectivity index (χ3v) is 2.07. The fraction of sp³-hybridized carbons (Fsp3) is 0.400. The molecule has 14 heavy (non-hydrogen) atoms. The van der Waals surface area contributed by atoms with Gasteiger partial charge in [0, 0.05) is 19.3 Å². The molecular weight excluding hydrogens is 180 g/mol. The predicted molar refractivity (Wildman–Crippen MR) is 53.1 cm³/mol. The van der Waals surface area contributed by atoms with Gasteiger partial charge in [-0.25, -0.2) is 0 Å². The zero-order valence-corrected chi connectivity index (χ0v) is 8.56. The van der Waals surface area contributed by atoms with Gasteiger partial charge >= 0.3 is 0 Å². The Kier molecular flexibility index (Phi) is 3.06. The average molecular weight is 194 g/mol. The Labute approximate surface area is 83.2 Å². The molecule has 76 valence electrons. The number of aromatic nitrogens is 1. The van der Waals surface area contributed by atoms with Gasteiger partial charge in [-0.15, -0.1) is 0 Å². The van der Waals surface area contributed by atoms with Crippen LogP contribution in [0.3, 0.4) is 0 Å². The highest BCUT2D eigenvalue weighted by Crippen LogP contribution is 2.11. The fourth-order valence-corrected chi connectivity index (χ4v) is 0.983. The molecule has 0 spiro atoms. The van der Waals surface area contributed by atoms with Crippen molar-refractivity contribution < 1.29 is 9.90 Å². The molecule has 0 fully saturated rings. The molecule has 1 rings (SSSR count). The average Bonchev–Trinajstić information content (AvgIpc) is 2.15. The summed E-state index contributed by atoms with van der Waals surface area (Å²) in [7, 11) is 1.72. The first-order valence-corrected chi connectivity index (χ1v) is 4.43. The summed E-state index contributed by atoms with van der Waals surface area (Å²) in [6, 6.07) is 1.54. The number of hydrogen-bond acceptors (Lipinski definition) is 3. The number of carbonyl (C=O) groups excluding carboxylic acids is 1. The first-order chi connectivity index (χ1) is 6.52. The zero-order chi connectivity index (χ0) is 10.7. The summed E-state index contributed by atoms with van der Waals surface area (Å²) in [5.41, 5.74) is 0.404. The Morgan fingerprint density at radius 1 is 1.50 bits per heavy atom. The minimum Gasteiger partial charge on any atom is -0.506 e. The van der Waals surface area contributed by atoms with Crippen LogP contribution in [0.1, 0.15) is 24.2 Å². The molecule has 1 amide bonds. The second kappa shape index (κ2) is 4.09. The van der Waals surface area contributed by atoms with Crippen LogP contribution in [0.25, 0.3) is 0 Å². The third-order valence-electron chi connectivity index (χ3n) is 2.07. The van der Waals surface area contributed by atoms with Gasteiger partial charge in [-0.05, 0) is 19.9 Å². The van der Waals surface area contributed by atoms with E-state index >= 15 is 0 Å². The van der Waals surface area contributed by atoms with Crippen molar-refractivity contribution in [3.63, 3.8) is 0 Å².